The van der Waals surface area contributed by atoms with Gasteiger partial charge in [0.2, 0.25) is 0 Å². The summed E-state index contributed by atoms with van der Waals surface area (Å²) in [6.07, 6.45) is 11.5. The van der Waals surface area contributed by atoms with Crippen LogP contribution in [0.15, 0.2) is 0 Å². The van der Waals surface area contributed by atoms with Gasteiger partial charge in [-0.25, -0.2) is 0 Å². The number of rotatable bonds is 20. The number of carbonyl (C=O) groups is 2. The highest BCUT2D eigenvalue weighted by Crippen LogP contribution is 2.16. The van der Waals surface area contributed by atoms with Crippen LogP contribution in [0.3, 0.4) is 0 Å². The van der Waals surface area contributed by atoms with Crippen molar-refractivity contribution >= 4 is 11.9 Å². The van der Waals surface area contributed by atoms with Crippen molar-refractivity contribution in [2.75, 3.05) is 13.2 Å². The second-order valence-electron chi connectivity index (χ2n) is 8.11. The van der Waals surface area contributed by atoms with E-state index in [4.69, 9.17) is 19.7 Å². The van der Waals surface area contributed by atoms with Gasteiger partial charge in [0.1, 0.15) is 12.2 Å². The molecular formula is C23H44O7. The Morgan fingerprint density at radius 2 is 1.23 bits per heavy atom. The van der Waals surface area contributed by atoms with Crippen LogP contribution >= 0.6 is 0 Å². The molecule has 0 rings (SSSR count). The molecule has 2 unspecified atom stereocenters. The summed E-state index contributed by atoms with van der Waals surface area (Å²) >= 11 is 0. The van der Waals surface area contributed by atoms with Gasteiger partial charge in [0.15, 0.2) is 0 Å². The Balaban J connectivity index is 3.91. The third-order valence-corrected chi connectivity index (χ3v) is 5.14. The number of ether oxygens (including phenoxy) is 2. The molecular weight excluding hydrogens is 388 g/mol. The average molecular weight is 433 g/mol. The highest BCUT2D eigenvalue weighted by atomic mass is 16.6. The van der Waals surface area contributed by atoms with Gasteiger partial charge in [-0.15, -0.1) is 0 Å². The fourth-order valence-corrected chi connectivity index (χ4v) is 3.40. The second-order valence-corrected chi connectivity index (χ2v) is 8.11. The summed E-state index contributed by atoms with van der Waals surface area (Å²) in [5, 5.41) is 28.0. The molecule has 7 nitrogen and oxygen atoms in total. The molecule has 178 valence electrons. The Bertz CT molecular complexity index is 424. The third-order valence-electron chi connectivity index (χ3n) is 5.14. The van der Waals surface area contributed by atoms with Gasteiger partial charge in [-0.3, -0.25) is 9.59 Å². The Morgan fingerprint density at radius 1 is 0.733 bits per heavy atom. The highest BCUT2D eigenvalue weighted by molar-refractivity contribution is 5.71. The predicted molar refractivity (Wildman–Crippen MR) is 116 cm³/mol. The molecule has 2 atom stereocenters. The predicted octanol–water partition coefficient (Wildman–Crippen LogP) is 3.66. The lowest BCUT2D eigenvalue weighted by molar-refractivity contribution is -0.160. The van der Waals surface area contributed by atoms with Gasteiger partial charge in [0.25, 0.3) is 0 Å². The van der Waals surface area contributed by atoms with Crippen LogP contribution in [0.4, 0.5) is 0 Å². The second kappa shape index (κ2) is 19.8. The number of aliphatic hydroxyl groups is 3. The maximum atomic E-state index is 11.9. The van der Waals surface area contributed by atoms with E-state index < -0.39 is 37.4 Å². The van der Waals surface area contributed by atoms with Crippen LogP contribution in [0, 0.1) is 0 Å². The Morgan fingerprint density at radius 3 is 1.77 bits per heavy atom. The van der Waals surface area contributed by atoms with E-state index in [1.165, 1.54) is 45.4 Å². The van der Waals surface area contributed by atoms with Gasteiger partial charge in [-0.2, -0.15) is 0 Å². The van der Waals surface area contributed by atoms with Crippen molar-refractivity contribution in [3.8, 4) is 0 Å². The minimum absolute atomic E-state index is 0.100. The molecule has 0 bridgehead atoms. The molecule has 0 aliphatic heterocycles. The molecule has 0 aromatic heterocycles. The Kier molecular flexibility index (Phi) is 19.0. The lowest BCUT2D eigenvalue weighted by Gasteiger charge is -2.18. The monoisotopic (exact) mass is 432 g/mol. The van der Waals surface area contributed by atoms with Gasteiger partial charge in [-0.05, 0) is 25.7 Å². The lowest BCUT2D eigenvalue weighted by atomic mass is 10.0. The number of aliphatic hydroxyl groups excluding tert-OH is 3. The van der Waals surface area contributed by atoms with Crippen LogP contribution in [0.2, 0.25) is 0 Å². The first-order chi connectivity index (χ1) is 14.4. The minimum Gasteiger partial charge on any atom is -0.462 e. The Hall–Kier alpha value is -1.18. The first-order valence-corrected chi connectivity index (χ1v) is 11.7. The van der Waals surface area contributed by atoms with Crippen molar-refractivity contribution in [1.82, 2.24) is 0 Å². The summed E-state index contributed by atoms with van der Waals surface area (Å²) < 4.78 is 10.1. The summed E-state index contributed by atoms with van der Waals surface area (Å²) in [5.74, 6) is -1.07. The largest absolute Gasteiger partial charge is 0.462 e. The molecule has 0 saturated carbocycles. The van der Waals surface area contributed by atoms with Gasteiger partial charge in [0.05, 0.1) is 25.7 Å². The first-order valence-electron chi connectivity index (χ1n) is 11.7. The number of unbranched alkanes of at least 4 members (excludes halogenated alkanes) is 8. The molecule has 0 aliphatic carbocycles. The summed E-state index contributed by atoms with van der Waals surface area (Å²) in [7, 11) is 0. The molecule has 0 aromatic carbocycles. The molecule has 0 spiro atoms. The van der Waals surface area contributed by atoms with E-state index in [0.29, 0.717) is 6.42 Å². The fourth-order valence-electron chi connectivity index (χ4n) is 3.40. The van der Waals surface area contributed by atoms with Crippen LogP contribution in [0.1, 0.15) is 104 Å². The molecule has 0 radical (unpaired) electrons. The number of esters is 2. The van der Waals surface area contributed by atoms with E-state index >= 15 is 0 Å². The quantitative estimate of drug-likeness (QED) is 0.199. The zero-order chi connectivity index (χ0) is 22.6. The molecule has 3 N–H and O–H groups in total. The molecule has 7 heteroatoms. The van der Waals surface area contributed by atoms with Crippen molar-refractivity contribution < 1.29 is 34.4 Å². The summed E-state index contributed by atoms with van der Waals surface area (Å²) in [5.41, 5.74) is 0. The molecule has 0 amide bonds. The maximum Gasteiger partial charge on any atom is 0.309 e. The fraction of sp³-hybridized carbons (Fsp3) is 0.913. The summed E-state index contributed by atoms with van der Waals surface area (Å²) in [6, 6.07) is 0. The van der Waals surface area contributed by atoms with Crippen molar-refractivity contribution in [3.05, 3.63) is 0 Å². The summed E-state index contributed by atoms with van der Waals surface area (Å²) in [6.45, 7) is 2.60. The normalized spacial score (nSPS) is 13.3. The maximum absolute atomic E-state index is 11.9. The van der Waals surface area contributed by atoms with E-state index in [2.05, 4.69) is 6.92 Å². The number of hydrogen-bond donors (Lipinski definition) is 3. The smallest absolute Gasteiger partial charge is 0.309 e. The van der Waals surface area contributed by atoms with Crippen LogP contribution in [-0.4, -0.2) is 58.8 Å². The lowest BCUT2D eigenvalue weighted by Crippen LogP contribution is -2.29. The van der Waals surface area contributed by atoms with Crippen LogP contribution in [-0.2, 0) is 19.1 Å². The van der Waals surface area contributed by atoms with E-state index in [1.807, 2.05) is 0 Å². The van der Waals surface area contributed by atoms with E-state index in [1.54, 1.807) is 0 Å². The van der Waals surface area contributed by atoms with E-state index in [9.17, 15) is 14.7 Å². The van der Waals surface area contributed by atoms with Crippen molar-refractivity contribution in [2.45, 2.75) is 122 Å². The zero-order valence-electron chi connectivity index (χ0n) is 19.0. The number of hydrogen-bond acceptors (Lipinski definition) is 7. The molecule has 0 saturated heterocycles. The van der Waals surface area contributed by atoms with Crippen molar-refractivity contribution in [3.63, 3.8) is 0 Å². The van der Waals surface area contributed by atoms with E-state index in [-0.39, 0.29) is 12.5 Å². The Labute approximate surface area is 182 Å². The highest BCUT2D eigenvalue weighted by Gasteiger charge is 2.20. The molecule has 0 aliphatic rings. The van der Waals surface area contributed by atoms with Crippen LogP contribution < -0.4 is 0 Å². The molecule has 30 heavy (non-hydrogen) atoms. The number of carbonyl (C=O) groups excluding carboxylic acids is 2. The zero-order valence-corrected chi connectivity index (χ0v) is 19.0. The van der Waals surface area contributed by atoms with Gasteiger partial charge in [-0.1, -0.05) is 64.7 Å². The van der Waals surface area contributed by atoms with Crippen LogP contribution in [0.25, 0.3) is 0 Å². The first kappa shape index (κ1) is 28.8. The van der Waals surface area contributed by atoms with Gasteiger partial charge >= 0.3 is 11.9 Å². The summed E-state index contributed by atoms with van der Waals surface area (Å²) in [4.78, 5) is 23.1. The van der Waals surface area contributed by atoms with Crippen LogP contribution in [0.5, 0.6) is 0 Å². The average Bonchev–Trinajstić information content (AvgIpc) is 2.70. The molecule has 0 heterocycles. The minimum atomic E-state index is -0.951. The van der Waals surface area contributed by atoms with Gasteiger partial charge < -0.3 is 24.8 Å². The van der Waals surface area contributed by atoms with Crippen molar-refractivity contribution in [1.29, 1.82) is 0 Å². The molecule has 0 aromatic rings. The van der Waals surface area contributed by atoms with Crippen molar-refractivity contribution in [2.24, 2.45) is 0 Å². The molecule has 0 fully saturated rings. The standard InChI is InChI=1S/C23H44O7/c1-3-4-5-6-7-8-10-13-20(27)14-11-9-12-15-21(29-19(2)26)16-23(28)30-22(17-24)18-25/h20-22,24-25,27H,3-18H2,1-2H3. The van der Waals surface area contributed by atoms with E-state index in [0.717, 1.165) is 38.5 Å². The topological polar surface area (TPSA) is 113 Å². The van der Waals surface area contributed by atoms with Gasteiger partial charge in [0, 0.05) is 6.92 Å². The third kappa shape index (κ3) is 17.7. The SMILES string of the molecule is CCCCCCCCCC(O)CCCCCC(CC(=O)OC(CO)CO)OC(C)=O.